The Balaban J connectivity index is 2.06. The molecule has 0 radical (unpaired) electrons. The monoisotopic (exact) mass is 668 g/mol. The minimum absolute atomic E-state index is 0.0929. The predicted octanol–water partition coefficient (Wildman–Crippen LogP) is 4.51. The first kappa shape index (κ1) is 35.3. The lowest BCUT2D eigenvalue weighted by atomic mass is 9.94. The van der Waals surface area contributed by atoms with Gasteiger partial charge in [-0.15, -0.1) is 4.57 Å². The molecule has 0 spiro atoms. The number of halogens is 2. The molecule has 2 aromatic heterocycles. The van der Waals surface area contributed by atoms with Gasteiger partial charge in [0, 0.05) is 43.8 Å². The average molecular weight is 669 g/mol. The fraction of sp³-hybridized carbons (Fsp3) is 0.265. The average Bonchev–Trinajstić information content (AvgIpc) is 3.35. The quantitative estimate of drug-likeness (QED) is 0.189. The highest BCUT2D eigenvalue weighted by molar-refractivity contribution is 7.89. The summed E-state index contributed by atoms with van der Waals surface area (Å²) in [6, 6.07) is 13.3. The van der Waals surface area contributed by atoms with Crippen molar-refractivity contribution in [2.75, 3.05) is 14.1 Å². The van der Waals surface area contributed by atoms with E-state index in [4.69, 9.17) is 5.11 Å². The van der Waals surface area contributed by atoms with Gasteiger partial charge in [0.25, 0.3) is 0 Å². The van der Waals surface area contributed by atoms with Crippen LogP contribution in [0.2, 0.25) is 0 Å². The predicted molar refractivity (Wildman–Crippen MR) is 171 cm³/mol. The van der Waals surface area contributed by atoms with Gasteiger partial charge in [0.15, 0.2) is 18.1 Å². The van der Waals surface area contributed by atoms with Crippen LogP contribution in [-0.2, 0) is 14.8 Å². The number of aromatic nitrogens is 2. The summed E-state index contributed by atoms with van der Waals surface area (Å²) in [5, 5.41) is 29.8. The van der Waals surface area contributed by atoms with Crippen LogP contribution in [0, 0.1) is 11.6 Å². The molecule has 4 aromatic rings. The van der Waals surface area contributed by atoms with Gasteiger partial charge in [-0.3, -0.25) is 4.79 Å². The molecule has 10 nitrogen and oxygen atoms in total. The molecule has 3 N–H and O–H groups in total. The van der Waals surface area contributed by atoms with Crippen molar-refractivity contribution in [2.45, 2.75) is 49.8 Å². The number of carbonyl (C=O) groups is 2. The molecule has 0 aliphatic carbocycles. The Morgan fingerprint density at radius 3 is 2.00 bits per heavy atom. The topological polar surface area (TPSA) is 141 Å². The number of hydrogen-bond donors (Lipinski definition) is 3. The van der Waals surface area contributed by atoms with E-state index in [-0.39, 0.29) is 17.0 Å². The number of aliphatic carboxylic acids is 1. The van der Waals surface area contributed by atoms with Crippen LogP contribution in [0.4, 0.5) is 8.78 Å². The summed E-state index contributed by atoms with van der Waals surface area (Å²) in [7, 11) is -1.18. The smallest absolute Gasteiger partial charge is 0.441 e. The van der Waals surface area contributed by atoms with Crippen LogP contribution in [-0.4, -0.2) is 70.8 Å². The molecular weight excluding hydrogens is 632 g/mol. The molecule has 13 heteroatoms. The zero-order valence-corrected chi connectivity index (χ0v) is 27.0. The molecule has 0 amide bonds. The van der Waals surface area contributed by atoms with Crippen molar-refractivity contribution < 1.29 is 46.7 Å². The van der Waals surface area contributed by atoms with Gasteiger partial charge in [-0.2, -0.15) is 0 Å². The van der Waals surface area contributed by atoms with Gasteiger partial charge in [0.05, 0.1) is 24.3 Å². The molecule has 0 saturated carbocycles. The van der Waals surface area contributed by atoms with Crippen LogP contribution in [0.1, 0.15) is 48.9 Å². The second kappa shape index (κ2) is 14.5. The van der Waals surface area contributed by atoms with Crippen LogP contribution in [0.3, 0.4) is 0 Å². The highest BCUT2D eigenvalue weighted by Crippen LogP contribution is 2.42. The first-order chi connectivity index (χ1) is 22.1. The third kappa shape index (κ3) is 7.88. The first-order valence-corrected chi connectivity index (χ1v) is 16.1. The third-order valence-electron chi connectivity index (χ3n) is 7.41. The van der Waals surface area contributed by atoms with Gasteiger partial charge in [-0.1, -0.05) is 30.3 Å². The lowest BCUT2D eigenvalue weighted by molar-refractivity contribution is -0.573. The molecule has 0 aliphatic rings. The van der Waals surface area contributed by atoms with E-state index in [0.29, 0.717) is 27.9 Å². The van der Waals surface area contributed by atoms with E-state index in [2.05, 4.69) is 0 Å². The van der Waals surface area contributed by atoms with Gasteiger partial charge < -0.3 is 19.9 Å². The van der Waals surface area contributed by atoms with Crippen LogP contribution in [0.15, 0.2) is 84.0 Å². The number of carboxylic acids is 1. The molecule has 2 atom stereocenters. The summed E-state index contributed by atoms with van der Waals surface area (Å²) >= 11 is 0. The van der Waals surface area contributed by atoms with Crippen molar-refractivity contribution in [2.24, 2.45) is 0 Å². The van der Waals surface area contributed by atoms with Crippen molar-refractivity contribution in [3.63, 3.8) is 0 Å². The standard InChI is InChI=1S/C34H35F2N3O7S/c1-21(2)39-29(16-15-26(40)18-27(41)19-30(42)43)31(22-7-11-24(35)12-8-22)32(23-9-13-25(36)14-10-23)33(39)34(44)38-17-5-6-28(20-38)47(45,46)37(3)4/h5-17,20-21,26-27,40-41H,18-19H2,1-4H3/p+1/t26-,27-/m1/s1. The maximum Gasteiger partial charge on any atom is 0.441 e. The van der Waals surface area contributed by atoms with Crippen LogP contribution in [0.25, 0.3) is 28.3 Å². The molecule has 0 unspecified atom stereocenters. The molecular formula is C34H36F2N3O7S+. The maximum atomic E-state index is 14.6. The molecule has 248 valence electrons. The molecule has 0 bridgehead atoms. The molecule has 47 heavy (non-hydrogen) atoms. The Morgan fingerprint density at radius 1 is 0.936 bits per heavy atom. The van der Waals surface area contributed by atoms with Crippen molar-refractivity contribution >= 4 is 28.0 Å². The number of carbonyl (C=O) groups excluding carboxylic acids is 1. The van der Waals surface area contributed by atoms with E-state index in [0.717, 1.165) is 8.87 Å². The second-order valence-electron chi connectivity index (χ2n) is 11.4. The van der Waals surface area contributed by atoms with Gasteiger partial charge in [0.1, 0.15) is 16.5 Å². The normalized spacial score (nSPS) is 13.4. The Labute approximate surface area is 271 Å². The highest BCUT2D eigenvalue weighted by Gasteiger charge is 2.35. The number of aliphatic hydroxyl groups is 2. The zero-order chi connectivity index (χ0) is 34.6. The first-order valence-electron chi connectivity index (χ1n) is 14.7. The van der Waals surface area contributed by atoms with Gasteiger partial charge >= 0.3 is 11.9 Å². The zero-order valence-electron chi connectivity index (χ0n) is 26.2. The number of pyridine rings is 1. The summed E-state index contributed by atoms with van der Waals surface area (Å²) in [5.41, 5.74) is 2.16. The van der Waals surface area contributed by atoms with E-state index in [1.807, 2.05) is 13.8 Å². The Bertz CT molecular complexity index is 1900. The fourth-order valence-corrected chi connectivity index (χ4v) is 6.15. The number of benzene rings is 2. The number of aliphatic hydroxyl groups excluding tert-OH is 2. The van der Waals surface area contributed by atoms with Crippen molar-refractivity contribution in [1.82, 2.24) is 8.87 Å². The number of rotatable bonds is 12. The SMILES string of the molecule is CC(C)n1c(C=C[C@@H](O)C[C@@H](O)CC(=O)O)c(-c2ccc(F)cc2)c(-c2ccc(F)cc2)c1C(=O)[n+]1cccc(S(=O)(=O)N(C)C)c1. The molecule has 0 fully saturated rings. The minimum atomic E-state index is -3.91. The lowest BCUT2D eigenvalue weighted by Gasteiger charge is -2.15. The molecule has 2 heterocycles. The number of hydrogen-bond acceptors (Lipinski definition) is 6. The van der Waals surface area contributed by atoms with Crippen molar-refractivity contribution in [3.8, 4) is 22.3 Å². The maximum absolute atomic E-state index is 14.6. The molecule has 2 aromatic carbocycles. The summed E-state index contributed by atoms with van der Waals surface area (Å²) in [4.78, 5) is 25.4. The van der Waals surface area contributed by atoms with Gasteiger partial charge in [-0.25, -0.2) is 26.3 Å². The van der Waals surface area contributed by atoms with Crippen molar-refractivity contribution in [1.29, 1.82) is 0 Å². The van der Waals surface area contributed by atoms with Crippen LogP contribution >= 0.6 is 0 Å². The summed E-state index contributed by atoms with van der Waals surface area (Å²) in [6.45, 7) is 3.61. The van der Waals surface area contributed by atoms with Crippen molar-refractivity contribution in [3.05, 3.63) is 102 Å². The highest BCUT2D eigenvalue weighted by atomic mass is 32.2. The number of nitrogens with zero attached hydrogens (tertiary/aromatic N) is 3. The molecule has 4 rings (SSSR count). The fourth-order valence-electron chi connectivity index (χ4n) is 5.23. The number of sulfonamides is 1. The third-order valence-corrected chi connectivity index (χ3v) is 9.21. The van der Waals surface area contributed by atoms with E-state index in [1.165, 1.54) is 99.3 Å². The second-order valence-corrected chi connectivity index (χ2v) is 13.6. The Kier molecular flexibility index (Phi) is 10.9. The van der Waals surface area contributed by atoms with Crippen LogP contribution < -0.4 is 4.57 Å². The molecule has 0 aliphatic heterocycles. The lowest BCUT2D eigenvalue weighted by Crippen LogP contribution is -2.44. The van der Waals surface area contributed by atoms with E-state index in [1.54, 1.807) is 4.57 Å². The Morgan fingerprint density at radius 2 is 1.49 bits per heavy atom. The summed E-state index contributed by atoms with van der Waals surface area (Å²) in [6.07, 6.45) is 2.03. The number of carboxylic acid groups (broad SMARTS) is 1. The van der Waals surface area contributed by atoms with Gasteiger partial charge in [0.2, 0.25) is 10.0 Å². The largest absolute Gasteiger partial charge is 0.481 e. The van der Waals surface area contributed by atoms with Gasteiger partial charge in [-0.05, 0) is 61.4 Å². The summed E-state index contributed by atoms with van der Waals surface area (Å²) < 4.78 is 58.0. The van der Waals surface area contributed by atoms with E-state index in [9.17, 15) is 37.0 Å². The van der Waals surface area contributed by atoms with Crippen LogP contribution in [0.5, 0.6) is 0 Å². The Hall–Kier alpha value is -4.56. The van der Waals surface area contributed by atoms with E-state index >= 15 is 0 Å². The minimum Gasteiger partial charge on any atom is -0.481 e. The summed E-state index contributed by atoms with van der Waals surface area (Å²) in [5.74, 6) is -2.89. The van der Waals surface area contributed by atoms with E-state index < -0.39 is 58.2 Å². The molecule has 0 saturated heterocycles.